The summed E-state index contributed by atoms with van der Waals surface area (Å²) in [5.74, 6) is -0.321. The van der Waals surface area contributed by atoms with Crippen molar-refractivity contribution in [3.63, 3.8) is 0 Å². The monoisotopic (exact) mass is 477 g/mol. The number of nitrogens with zero attached hydrogens (tertiary/aromatic N) is 5. The van der Waals surface area contributed by atoms with E-state index in [0.717, 1.165) is 5.69 Å². The number of amides is 1. The van der Waals surface area contributed by atoms with Crippen LogP contribution in [-0.4, -0.2) is 25.4 Å². The average molecular weight is 478 g/mol. The summed E-state index contributed by atoms with van der Waals surface area (Å²) in [7, 11) is 1.79. The zero-order valence-electron chi connectivity index (χ0n) is 17.7. The van der Waals surface area contributed by atoms with Gasteiger partial charge in [0.2, 0.25) is 0 Å². The Morgan fingerprint density at radius 2 is 1.73 bits per heavy atom. The third-order valence-electron chi connectivity index (χ3n) is 4.75. The molecule has 2 aromatic carbocycles. The highest BCUT2D eigenvalue weighted by Gasteiger charge is 2.16. The van der Waals surface area contributed by atoms with Gasteiger partial charge in [-0.05, 0) is 43.4 Å². The fourth-order valence-electron chi connectivity index (χ4n) is 3.03. The number of hydrogen-bond acceptors (Lipinski definition) is 7. The Morgan fingerprint density at radius 1 is 1.06 bits per heavy atom. The number of anilines is 1. The third-order valence-corrected chi connectivity index (χ3v) is 5.75. The molecule has 0 aliphatic heterocycles. The number of azo groups is 1. The van der Waals surface area contributed by atoms with Crippen molar-refractivity contribution in [2.75, 3.05) is 5.32 Å². The Morgan fingerprint density at radius 3 is 2.42 bits per heavy atom. The van der Waals surface area contributed by atoms with Crippen LogP contribution in [0.5, 0.6) is 0 Å². The molecule has 4 aromatic rings. The number of rotatable bonds is 5. The van der Waals surface area contributed by atoms with Gasteiger partial charge in [-0.15, -0.1) is 10.2 Å². The van der Waals surface area contributed by atoms with E-state index in [2.05, 4.69) is 25.8 Å². The van der Waals surface area contributed by atoms with Crippen LogP contribution in [0.3, 0.4) is 0 Å². The van der Waals surface area contributed by atoms with Gasteiger partial charge in [-0.2, -0.15) is 0 Å². The Bertz CT molecular complexity index is 1390. The summed E-state index contributed by atoms with van der Waals surface area (Å²) >= 11 is 6.37. The van der Waals surface area contributed by atoms with Gasteiger partial charge in [0.25, 0.3) is 11.5 Å². The quantitative estimate of drug-likeness (QED) is 0.326. The van der Waals surface area contributed by atoms with E-state index in [9.17, 15) is 9.59 Å². The molecular formula is C22H19N7O2S2. The van der Waals surface area contributed by atoms with E-state index in [1.165, 1.54) is 22.2 Å². The van der Waals surface area contributed by atoms with E-state index in [0.29, 0.717) is 21.4 Å². The summed E-state index contributed by atoms with van der Waals surface area (Å²) in [6.45, 7) is 1.81. The lowest BCUT2D eigenvalue weighted by atomic mass is 10.2. The van der Waals surface area contributed by atoms with Gasteiger partial charge in [-0.25, -0.2) is 9.67 Å². The first kappa shape index (κ1) is 22.2. The van der Waals surface area contributed by atoms with E-state index >= 15 is 0 Å². The zero-order chi connectivity index (χ0) is 23.4. The lowest BCUT2D eigenvalue weighted by Crippen LogP contribution is -2.34. The summed E-state index contributed by atoms with van der Waals surface area (Å²) in [6, 6.07) is 18.1. The topological polar surface area (TPSA) is 106 Å². The first-order valence-electron chi connectivity index (χ1n) is 9.83. The van der Waals surface area contributed by atoms with Crippen LogP contribution in [0.1, 0.15) is 16.1 Å². The molecule has 0 atom stereocenters. The fourth-order valence-corrected chi connectivity index (χ4v) is 3.93. The summed E-state index contributed by atoms with van der Waals surface area (Å²) in [5, 5.41) is 14.8. The van der Waals surface area contributed by atoms with E-state index < -0.39 is 0 Å². The SMILES string of the molecule is Cc1c(N=Nc2cnc(NC(=S)NC(=O)c3ccccc3)s2)c(=O)n(-c2ccccc2)n1C. The minimum atomic E-state index is -0.321. The van der Waals surface area contributed by atoms with E-state index in [4.69, 9.17) is 12.2 Å². The molecule has 33 heavy (non-hydrogen) atoms. The third kappa shape index (κ3) is 4.94. The highest BCUT2D eigenvalue weighted by Crippen LogP contribution is 2.28. The zero-order valence-corrected chi connectivity index (χ0v) is 19.4. The van der Waals surface area contributed by atoms with Crippen molar-refractivity contribution in [1.29, 1.82) is 0 Å². The highest BCUT2D eigenvalue weighted by atomic mass is 32.1. The number of carbonyl (C=O) groups excluding carboxylic acids is 1. The van der Waals surface area contributed by atoms with Crippen LogP contribution in [0, 0.1) is 6.92 Å². The molecule has 2 aromatic heterocycles. The molecule has 9 nitrogen and oxygen atoms in total. The summed E-state index contributed by atoms with van der Waals surface area (Å²) < 4.78 is 3.27. The van der Waals surface area contributed by atoms with Gasteiger partial charge >= 0.3 is 0 Å². The molecule has 0 unspecified atom stereocenters. The molecule has 1 amide bonds. The Hall–Kier alpha value is -3.96. The maximum Gasteiger partial charge on any atom is 0.299 e. The van der Waals surface area contributed by atoms with Crippen LogP contribution in [0.25, 0.3) is 5.69 Å². The van der Waals surface area contributed by atoms with Crippen molar-refractivity contribution in [2.24, 2.45) is 17.3 Å². The number of carbonyl (C=O) groups is 1. The van der Waals surface area contributed by atoms with Gasteiger partial charge in [0.05, 0.1) is 17.6 Å². The number of hydrogen-bond donors (Lipinski definition) is 2. The van der Waals surface area contributed by atoms with Crippen LogP contribution in [0.15, 0.2) is 81.9 Å². The van der Waals surface area contributed by atoms with E-state index in [1.54, 1.807) is 36.0 Å². The number of thiazole rings is 1. The second-order valence-electron chi connectivity index (χ2n) is 6.89. The fraction of sp³-hybridized carbons (Fsp3) is 0.0909. The standard InChI is InChI=1S/C22H19N7O2S2/c1-14-18(20(31)29(28(14)2)16-11-7-4-8-12-16)27-26-17-13-23-22(33-17)25-21(32)24-19(30)15-9-5-3-6-10-15/h3-13H,1-2H3,(H2,23,24,25,30,32). The number of aromatic nitrogens is 3. The van der Waals surface area contributed by atoms with Gasteiger partial charge in [0.1, 0.15) is 0 Å². The molecule has 166 valence electrons. The van der Waals surface area contributed by atoms with Gasteiger partial charge in [0.15, 0.2) is 20.9 Å². The predicted molar refractivity (Wildman–Crippen MR) is 132 cm³/mol. The van der Waals surface area contributed by atoms with Crippen molar-refractivity contribution in [1.82, 2.24) is 19.7 Å². The molecule has 0 aliphatic rings. The maximum absolute atomic E-state index is 12.9. The molecule has 0 bridgehead atoms. The lowest BCUT2D eigenvalue weighted by Gasteiger charge is -2.07. The highest BCUT2D eigenvalue weighted by molar-refractivity contribution is 7.80. The minimum Gasteiger partial charge on any atom is -0.308 e. The molecule has 2 N–H and O–H groups in total. The van der Waals surface area contributed by atoms with Gasteiger partial charge in [-0.3, -0.25) is 19.6 Å². The Balaban J connectivity index is 1.46. The van der Waals surface area contributed by atoms with Crippen molar-refractivity contribution >= 4 is 50.4 Å². The van der Waals surface area contributed by atoms with Crippen molar-refractivity contribution in [3.8, 4) is 5.69 Å². The smallest absolute Gasteiger partial charge is 0.299 e. The maximum atomic E-state index is 12.9. The van der Waals surface area contributed by atoms with Crippen molar-refractivity contribution in [3.05, 3.63) is 88.5 Å². The molecule has 0 aliphatic carbocycles. The summed E-state index contributed by atoms with van der Waals surface area (Å²) in [4.78, 5) is 29.3. The molecule has 11 heteroatoms. The molecule has 0 saturated carbocycles. The molecule has 0 radical (unpaired) electrons. The second kappa shape index (κ2) is 9.67. The first-order valence-corrected chi connectivity index (χ1v) is 11.1. The Kier molecular flexibility index (Phi) is 6.52. The van der Waals surface area contributed by atoms with Crippen LogP contribution >= 0.6 is 23.6 Å². The summed E-state index contributed by atoms with van der Waals surface area (Å²) in [5.41, 5.74) is 1.90. The van der Waals surface area contributed by atoms with E-state index in [-0.39, 0.29) is 22.3 Å². The molecule has 0 spiro atoms. The van der Waals surface area contributed by atoms with E-state index in [1.807, 2.05) is 43.3 Å². The van der Waals surface area contributed by atoms with Crippen molar-refractivity contribution in [2.45, 2.75) is 6.92 Å². The lowest BCUT2D eigenvalue weighted by molar-refractivity contribution is 0.0977. The van der Waals surface area contributed by atoms with Gasteiger partial charge in [-0.1, -0.05) is 47.7 Å². The van der Waals surface area contributed by atoms with Crippen LogP contribution in [-0.2, 0) is 7.05 Å². The summed E-state index contributed by atoms with van der Waals surface area (Å²) in [6.07, 6.45) is 1.51. The number of benzene rings is 2. The normalized spacial score (nSPS) is 11.0. The van der Waals surface area contributed by atoms with Crippen LogP contribution in [0.2, 0.25) is 0 Å². The largest absolute Gasteiger partial charge is 0.308 e. The van der Waals surface area contributed by atoms with Crippen LogP contribution in [0.4, 0.5) is 15.8 Å². The van der Waals surface area contributed by atoms with Gasteiger partial charge < -0.3 is 5.32 Å². The minimum absolute atomic E-state index is 0.117. The molecule has 4 rings (SSSR count). The first-order chi connectivity index (χ1) is 15.9. The molecule has 0 fully saturated rings. The second-order valence-corrected chi connectivity index (χ2v) is 8.31. The van der Waals surface area contributed by atoms with Gasteiger partial charge in [0, 0.05) is 12.6 Å². The Labute approximate surface area is 198 Å². The average Bonchev–Trinajstić information content (AvgIpc) is 3.35. The van der Waals surface area contributed by atoms with Crippen molar-refractivity contribution < 1.29 is 4.79 Å². The van der Waals surface area contributed by atoms with Crippen LogP contribution < -0.4 is 16.2 Å². The number of para-hydroxylation sites is 1. The number of thiocarbonyl (C=S) groups is 1. The predicted octanol–water partition coefficient (Wildman–Crippen LogP) is 4.48. The number of nitrogens with one attached hydrogen (secondary N) is 2. The molecule has 0 saturated heterocycles. The molecular weight excluding hydrogens is 458 g/mol. The molecule has 2 heterocycles.